The Bertz CT molecular complexity index is 1160. The third-order valence-electron chi connectivity index (χ3n) is 4.18. The van der Waals surface area contributed by atoms with Gasteiger partial charge in [0.25, 0.3) is 16.8 Å². The van der Waals surface area contributed by atoms with Gasteiger partial charge >= 0.3 is 5.97 Å². The molecule has 10 nitrogen and oxygen atoms in total. The number of carbonyl (C=O) groups excluding carboxylic acids is 3. The maximum atomic E-state index is 12.7. The van der Waals surface area contributed by atoms with Crippen molar-refractivity contribution < 1.29 is 33.9 Å². The summed E-state index contributed by atoms with van der Waals surface area (Å²) in [6.07, 6.45) is 1.38. The minimum atomic E-state index is -1.18. The number of carbonyl (C=O) groups is 4. The third-order valence-corrected chi connectivity index (χ3v) is 5.59. The highest BCUT2D eigenvalue weighted by molar-refractivity contribution is 9.10. The fourth-order valence-electron chi connectivity index (χ4n) is 2.68. The number of hydrogen-bond acceptors (Lipinski definition) is 8. The molecule has 0 atom stereocenters. The van der Waals surface area contributed by atoms with Crippen molar-refractivity contribution in [3.05, 3.63) is 73.1 Å². The highest BCUT2D eigenvalue weighted by Crippen LogP contribution is 2.35. The summed E-state index contributed by atoms with van der Waals surface area (Å²) < 4.78 is 5.85. The molecular formula is C20H13BrN2O8S. The van der Waals surface area contributed by atoms with E-state index in [4.69, 9.17) is 9.84 Å². The zero-order valence-corrected chi connectivity index (χ0v) is 18.4. The molecule has 12 heteroatoms. The monoisotopic (exact) mass is 520 g/mol. The number of carboxylic acid groups (broad SMARTS) is 1. The van der Waals surface area contributed by atoms with E-state index in [0.29, 0.717) is 21.8 Å². The topological polar surface area (TPSA) is 144 Å². The number of nitrogens with zero attached hydrogens (tertiary/aromatic N) is 2. The Hall–Kier alpha value is -3.51. The first-order valence-electron chi connectivity index (χ1n) is 8.83. The lowest BCUT2D eigenvalue weighted by molar-refractivity contribution is -0.384. The number of thioether (sulfide) groups is 1. The smallest absolute Gasteiger partial charge is 0.341 e. The lowest BCUT2D eigenvalue weighted by Gasteiger charge is -2.11. The number of ketones is 1. The number of aliphatic carboxylic acids is 1. The number of halogens is 1. The summed E-state index contributed by atoms with van der Waals surface area (Å²) in [4.78, 5) is 59.2. The molecule has 1 saturated heterocycles. The number of Topliss-reactive ketones (excluding diaryl/α,β-unsaturated/α-hetero) is 1. The SMILES string of the molecule is O=C(O)COc1ccc(Br)cc1/C=C1/SC(=O)N(CC(=O)c2ccc([N+](=O)[O-])cc2)C1=O. The largest absolute Gasteiger partial charge is 0.481 e. The molecule has 1 aliphatic rings. The van der Waals surface area contributed by atoms with E-state index < -0.39 is 41.0 Å². The van der Waals surface area contributed by atoms with Crippen molar-refractivity contribution in [1.82, 2.24) is 4.90 Å². The Morgan fingerprint density at radius 2 is 1.88 bits per heavy atom. The van der Waals surface area contributed by atoms with Crippen molar-refractivity contribution in [1.29, 1.82) is 0 Å². The average Bonchev–Trinajstić information content (AvgIpc) is 3.00. The second kappa shape index (κ2) is 9.75. The van der Waals surface area contributed by atoms with Crippen LogP contribution in [0, 0.1) is 10.1 Å². The number of imide groups is 1. The molecule has 32 heavy (non-hydrogen) atoms. The van der Waals surface area contributed by atoms with Crippen LogP contribution in [0.4, 0.5) is 10.5 Å². The number of nitro benzene ring substituents is 1. The molecule has 2 aromatic carbocycles. The highest BCUT2D eigenvalue weighted by atomic mass is 79.9. The van der Waals surface area contributed by atoms with Crippen LogP contribution in [0.5, 0.6) is 5.75 Å². The maximum Gasteiger partial charge on any atom is 0.341 e. The van der Waals surface area contributed by atoms with E-state index in [1.807, 2.05) is 0 Å². The van der Waals surface area contributed by atoms with Crippen LogP contribution in [0.1, 0.15) is 15.9 Å². The van der Waals surface area contributed by atoms with Crippen molar-refractivity contribution in [3.8, 4) is 5.75 Å². The molecule has 0 aliphatic carbocycles. The number of ether oxygens (including phenoxy) is 1. The summed E-state index contributed by atoms with van der Waals surface area (Å²) in [6, 6.07) is 9.56. The second-order valence-electron chi connectivity index (χ2n) is 6.36. The molecule has 0 radical (unpaired) electrons. The molecule has 0 aromatic heterocycles. The Kier molecular flexibility index (Phi) is 7.05. The molecule has 1 heterocycles. The molecule has 2 amide bonds. The summed E-state index contributed by atoms with van der Waals surface area (Å²) in [5, 5.41) is 18.9. The van der Waals surface area contributed by atoms with E-state index in [1.54, 1.807) is 12.1 Å². The maximum absolute atomic E-state index is 12.7. The van der Waals surface area contributed by atoms with Gasteiger partial charge in [-0.3, -0.25) is 29.4 Å². The van der Waals surface area contributed by atoms with Gasteiger partial charge in [0.15, 0.2) is 12.4 Å². The van der Waals surface area contributed by atoms with Crippen molar-refractivity contribution in [2.45, 2.75) is 0 Å². The minimum absolute atomic E-state index is 0.0322. The van der Waals surface area contributed by atoms with Gasteiger partial charge in [-0.1, -0.05) is 15.9 Å². The van der Waals surface area contributed by atoms with Crippen LogP contribution in [0.15, 0.2) is 51.8 Å². The summed E-state index contributed by atoms with van der Waals surface area (Å²) in [5.41, 5.74) is 0.299. The molecule has 0 bridgehead atoms. The van der Waals surface area contributed by atoms with Crippen molar-refractivity contribution in [2.75, 3.05) is 13.2 Å². The van der Waals surface area contributed by atoms with Gasteiger partial charge in [-0.05, 0) is 48.2 Å². The van der Waals surface area contributed by atoms with Gasteiger partial charge in [0.1, 0.15) is 5.75 Å². The summed E-state index contributed by atoms with van der Waals surface area (Å²) in [6.45, 7) is -1.12. The Labute approximate surface area is 193 Å². The van der Waals surface area contributed by atoms with E-state index in [-0.39, 0.29) is 21.9 Å². The predicted molar refractivity (Wildman–Crippen MR) is 117 cm³/mol. The van der Waals surface area contributed by atoms with Crippen molar-refractivity contribution in [2.24, 2.45) is 0 Å². The van der Waals surface area contributed by atoms with Gasteiger partial charge in [0, 0.05) is 27.7 Å². The first-order chi connectivity index (χ1) is 15.2. The van der Waals surface area contributed by atoms with E-state index in [2.05, 4.69) is 15.9 Å². The minimum Gasteiger partial charge on any atom is -0.481 e. The number of non-ortho nitro benzene ring substituents is 1. The van der Waals surface area contributed by atoms with Gasteiger partial charge in [-0.2, -0.15) is 0 Å². The first kappa shape index (κ1) is 23.2. The molecule has 0 spiro atoms. The quantitative estimate of drug-likeness (QED) is 0.238. The van der Waals surface area contributed by atoms with Gasteiger partial charge in [0.05, 0.1) is 16.4 Å². The van der Waals surface area contributed by atoms with Gasteiger partial charge in [0.2, 0.25) is 0 Å². The molecule has 2 aromatic rings. The molecule has 1 N–H and O–H groups in total. The van der Waals surface area contributed by atoms with E-state index >= 15 is 0 Å². The van der Waals surface area contributed by atoms with Crippen molar-refractivity contribution in [3.63, 3.8) is 0 Å². The molecule has 3 rings (SSSR count). The molecule has 0 saturated carbocycles. The van der Waals surface area contributed by atoms with Crippen molar-refractivity contribution >= 4 is 62.4 Å². The standard InChI is InChI=1S/C20H13BrN2O8S/c21-13-3-6-16(31-10-18(25)26)12(7-13)8-17-19(27)22(20(28)32-17)9-15(24)11-1-4-14(5-2-11)23(29)30/h1-8H,9-10H2,(H,25,26)/b17-8+. The average molecular weight is 521 g/mol. The number of rotatable bonds is 8. The number of amides is 2. The van der Waals surface area contributed by atoms with Crippen LogP contribution in [0.3, 0.4) is 0 Å². The van der Waals surface area contributed by atoms with Gasteiger partial charge in [-0.15, -0.1) is 0 Å². The van der Waals surface area contributed by atoms with Crippen LogP contribution in [0.2, 0.25) is 0 Å². The highest BCUT2D eigenvalue weighted by Gasteiger charge is 2.36. The van der Waals surface area contributed by atoms with Crippen LogP contribution in [0.25, 0.3) is 6.08 Å². The normalized spacial score (nSPS) is 14.7. The number of benzene rings is 2. The summed E-state index contributed by atoms with van der Waals surface area (Å²) in [7, 11) is 0. The van der Waals surface area contributed by atoms with Crippen LogP contribution in [-0.4, -0.2) is 51.0 Å². The lowest BCUT2D eigenvalue weighted by atomic mass is 10.1. The Balaban J connectivity index is 1.79. The fourth-order valence-corrected chi connectivity index (χ4v) is 3.89. The fraction of sp³-hybridized carbons (Fsp3) is 0.100. The predicted octanol–water partition coefficient (Wildman–Crippen LogP) is 3.74. The lowest BCUT2D eigenvalue weighted by Crippen LogP contribution is -2.33. The summed E-state index contributed by atoms with van der Waals surface area (Å²) >= 11 is 3.91. The van der Waals surface area contributed by atoms with E-state index in [1.165, 1.54) is 24.3 Å². The molecular weight excluding hydrogens is 508 g/mol. The van der Waals surface area contributed by atoms with E-state index in [9.17, 15) is 29.3 Å². The Morgan fingerprint density at radius 3 is 2.50 bits per heavy atom. The van der Waals surface area contributed by atoms with Gasteiger partial charge < -0.3 is 9.84 Å². The Morgan fingerprint density at radius 1 is 1.19 bits per heavy atom. The summed E-state index contributed by atoms with van der Waals surface area (Å²) in [5.74, 6) is -2.23. The zero-order chi connectivity index (χ0) is 23.4. The number of hydrogen-bond donors (Lipinski definition) is 1. The third kappa shape index (κ3) is 5.39. The first-order valence-corrected chi connectivity index (χ1v) is 10.4. The second-order valence-corrected chi connectivity index (χ2v) is 8.27. The van der Waals surface area contributed by atoms with Gasteiger partial charge in [-0.25, -0.2) is 4.79 Å². The van der Waals surface area contributed by atoms with E-state index in [0.717, 1.165) is 17.0 Å². The van der Waals surface area contributed by atoms with Crippen LogP contribution < -0.4 is 4.74 Å². The van der Waals surface area contributed by atoms with Crippen LogP contribution >= 0.6 is 27.7 Å². The molecule has 0 unspecified atom stereocenters. The molecule has 164 valence electrons. The zero-order valence-electron chi connectivity index (χ0n) is 16.0. The molecule has 1 aliphatic heterocycles. The number of carboxylic acids is 1. The number of nitro groups is 1. The molecule has 1 fully saturated rings. The van der Waals surface area contributed by atoms with Crippen LogP contribution in [-0.2, 0) is 9.59 Å².